The van der Waals surface area contributed by atoms with E-state index in [-0.39, 0.29) is 5.56 Å². The smallest absolute Gasteiger partial charge is 0.369 e. The Balaban J connectivity index is 1.65. The van der Waals surface area contributed by atoms with Crippen molar-refractivity contribution in [2.75, 3.05) is 43.4 Å². The Morgan fingerprint density at radius 3 is 2.69 bits per heavy atom. The van der Waals surface area contributed by atoms with Crippen molar-refractivity contribution in [1.82, 2.24) is 20.1 Å². The lowest BCUT2D eigenvalue weighted by Crippen LogP contribution is -2.28. The predicted octanol–water partition coefficient (Wildman–Crippen LogP) is 4.67. The lowest BCUT2D eigenvalue weighted by atomic mass is 9.97. The van der Waals surface area contributed by atoms with E-state index in [2.05, 4.69) is 37.3 Å². The normalized spacial score (nSPS) is 16.8. The van der Waals surface area contributed by atoms with E-state index in [1.807, 2.05) is 19.2 Å². The molecule has 9 heteroatoms. The van der Waals surface area contributed by atoms with Crippen LogP contribution in [0.4, 0.5) is 24.7 Å². The highest BCUT2D eigenvalue weighted by Gasteiger charge is 2.33. The van der Waals surface area contributed by atoms with Crippen LogP contribution in [-0.2, 0) is 6.18 Å². The molecule has 3 heterocycles. The van der Waals surface area contributed by atoms with Crippen LogP contribution in [0.3, 0.4) is 0 Å². The molecule has 0 saturated carbocycles. The average Bonchev–Trinajstić information content (AvgIpc) is 2.97. The summed E-state index contributed by atoms with van der Waals surface area (Å²) in [5.74, 6) is 0.508. The molecule has 0 bridgehead atoms. The van der Waals surface area contributed by atoms with Gasteiger partial charge in [-0.2, -0.15) is 18.3 Å². The summed E-state index contributed by atoms with van der Waals surface area (Å²) in [5, 5.41) is 12.3. The van der Waals surface area contributed by atoms with E-state index >= 15 is 0 Å². The second-order valence-corrected chi connectivity index (χ2v) is 8.35. The molecule has 1 fully saturated rings. The topological polar surface area (TPSA) is 57.2 Å². The van der Waals surface area contributed by atoms with Crippen LogP contribution in [0.5, 0.6) is 0 Å². The number of pyridine rings is 1. The Labute approximate surface area is 185 Å². The summed E-state index contributed by atoms with van der Waals surface area (Å²) in [6.07, 6.45) is 0.124. The van der Waals surface area contributed by atoms with Crippen LogP contribution in [-0.4, -0.2) is 53.3 Å². The van der Waals surface area contributed by atoms with Gasteiger partial charge in [0, 0.05) is 25.0 Å². The highest BCUT2D eigenvalue weighted by Crippen LogP contribution is 2.35. The van der Waals surface area contributed by atoms with Crippen molar-refractivity contribution in [2.24, 2.45) is 0 Å². The highest BCUT2D eigenvalue weighted by atomic mass is 19.4. The molecule has 2 aromatic heterocycles. The molecule has 0 spiro atoms. The minimum absolute atomic E-state index is 0.209. The van der Waals surface area contributed by atoms with Crippen molar-refractivity contribution in [1.29, 1.82) is 0 Å². The van der Waals surface area contributed by atoms with Gasteiger partial charge in [-0.15, -0.1) is 5.10 Å². The summed E-state index contributed by atoms with van der Waals surface area (Å²) in [6.45, 7) is 7.21. The standard InChI is InChI=1S/C23H27F3N6/c1-15-18(6-4-7-20(15)23(24,25)26)16(2)29-22-19-12-17(13-27-21(19)14-28-30-22)32-9-5-8-31(3)10-11-32/h4,6-7,12-14,16H,5,8-11H2,1-3H3,(H,29,30)/t16-/m1/s1. The fourth-order valence-corrected chi connectivity index (χ4v) is 4.25. The highest BCUT2D eigenvalue weighted by molar-refractivity contribution is 5.90. The van der Waals surface area contributed by atoms with Gasteiger partial charge >= 0.3 is 6.18 Å². The Morgan fingerprint density at radius 2 is 1.91 bits per heavy atom. The van der Waals surface area contributed by atoms with Gasteiger partial charge in [-0.3, -0.25) is 4.98 Å². The lowest BCUT2D eigenvalue weighted by Gasteiger charge is -2.23. The zero-order chi connectivity index (χ0) is 22.9. The fourth-order valence-electron chi connectivity index (χ4n) is 4.25. The number of alkyl halides is 3. The number of hydrogen-bond donors (Lipinski definition) is 1. The third kappa shape index (κ3) is 4.62. The first-order valence-electron chi connectivity index (χ1n) is 10.7. The number of anilines is 2. The summed E-state index contributed by atoms with van der Waals surface area (Å²) in [5.41, 5.74) is 1.85. The molecule has 0 amide bonds. The first-order chi connectivity index (χ1) is 15.2. The molecule has 3 aromatic rings. The first-order valence-corrected chi connectivity index (χ1v) is 10.7. The van der Waals surface area contributed by atoms with E-state index in [4.69, 9.17) is 0 Å². The average molecular weight is 445 g/mol. The molecule has 1 aliphatic heterocycles. The van der Waals surface area contributed by atoms with Crippen LogP contribution < -0.4 is 10.2 Å². The molecule has 0 radical (unpaired) electrons. The zero-order valence-corrected chi connectivity index (χ0v) is 18.4. The van der Waals surface area contributed by atoms with Crippen molar-refractivity contribution >= 4 is 22.4 Å². The number of halogens is 3. The minimum Gasteiger partial charge on any atom is -0.369 e. The van der Waals surface area contributed by atoms with E-state index in [0.717, 1.165) is 49.7 Å². The molecule has 32 heavy (non-hydrogen) atoms. The summed E-state index contributed by atoms with van der Waals surface area (Å²) < 4.78 is 40.0. The second-order valence-electron chi connectivity index (χ2n) is 8.35. The molecular weight excluding hydrogens is 417 g/mol. The van der Waals surface area contributed by atoms with Crippen LogP contribution in [0.1, 0.15) is 36.1 Å². The molecule has 170 valence electrons. The molecule has 1 atom stereocenters. The van der Waals surface area contributed by atoms with Gasteiger partial charge in [0.05, 0.1) is 35.2 Å². The van der Waals surface area contributed by atoms with Crippen LogP contribution >= 0.6 is 0 Å². The Morgan fingerprint density at radius 1 is 1.09 bits per heavy atom. The maximum absolute atomic E-state index is 13.3. The summed E-state index contributed by atoms with van der Waals surface area (Å²) in [4.78, 5) is 9.18. The van der Waals surface area contributed by atoms with Gasteiger partial charge in [0.1, 0.15) is 0 Å². The van der Waals surface area contributed by atoms with Gasteiger partial charge in [0.15, 0.2) is 5.82 Å². The van der Waals surface area contributed by atoms with Crippen molar-refractivity contribution in [3.8, 4) is 0 Å². The van der Waals surface area contributed by atoms with Crippen molar-refractivity contribution in [3.05, 3.63) is 53.3 Å². The van der Waals surface area contributed by atoms with E-state index in [1.165, 1.54) is 13.0 Å². The fraction of sp³-hybridized carbons (Fsp3) is 0.435. The molecule has 1 N–H and O–H groups in total. The number of nitrogens with zero attached hydrogens (tertiary/aromatic N) is 5. The maximum atomic E-state index is 13.3. The third-order valence-corrected chi connectivity index (χ3v) is 6.08. The number of nitrogens with one attached hydrogen (secondary N) is 1. The summed E-state index contributed by atoms with van der Waals surface area (Å²) >= 11 is 0. The number of fused-ring (bicyclic) bond motifs is 1. The van der Waals surface area contributed by atoms with E-state index in [9.17, 15) is 13.2 Å². The van der Waals surface area contributed by atoms with Crippen LogP contribution in [0.15, 0.2) is 36.7 Å². The Bertz CT molecular complexity index is 1100. The van der Waals surface area contributed by atoms with Gasteiger partial charge in [0.2, 0.25) is 0 Å². The zero-order valence-electron chi connectivity index (χ0n) is 18.4. The number of likely N-dealkylation sites (N-methyl/N-ethyl adjacent to an activating group) is 1. The quantitative estimate of drug-likeness (QED) is 0.631. The summed E-state index contributed by atoms with van der Waals surface area (Å²) in [6, 6.07) is 5.90. The monoisotopic (exact) mass is 444 g/mol. The van der Waals surface area contributed by atoms with Gasteiger partial charge in [-0.25, -0.2) is 0 Å². The van der Waals surface area contributed by atoms with Crippen molar-refractivity contribution in [2.45, 2.75) is 32.5 Å². The molecule has 1 aliphatic rings. The Kier molecular flexibility index (Phi) is 6.19. The molecular formula is C23H27F3N6. The Hall–Kier alpha value is -2.94. The van der Waals surface area contributed by atoms with Gasteiger partial charge in [-0.05, 0) is 57.1 Å². The number of aromatic nitrogens is 3. The van der Waals surface area contributed by atoms with E-state index in [1.54, 1.807) is 12.3 Å². The van der Waals surface area contributed by atoms with Gasteiger partial charge < -0.3 is 15.1 Å². The molecule has 6 nitrogen and oxygen atoms in total. The number of hydrogen-bond acceptors (Lipinski definition) is 6. The molecule has 0 aliphatic carbocycles. The molecule has 4 rings (SSSR count). The molecule has 1 saturated heterocycles. The maximum Gasteiger partial charge on any atom is 0.416 e. The summed E-state index contributed by atoms with van der Waals surface area (Å²) in [7, 11) is 2.12. The van der Waals surface area contributed by atoms with Crippen molar-refractivity contribution in [3.63, 3.8) is 0 Å². The number of rotatable bonds is 4. The lowest BCUT2D eigenvalue weighted by molar-refractivity contribution is -0.138. The molecule has 0 unspecified atom stereocenters. The minimum atomic E-state index is -4.39. The van der Waals surface area contributed by atoms with Gasteiger partial charge in [0.25, 0.3) is 0 Å². The third-order valence-electron chi connectivity index (χ3n) is 6.08. The SMILES string of the molecule is Cc1c([C@@H](C)Nc2nncc3ncc(N4CCCN(C)CC4)cc23)cccc1C(F)(F)F. The van der Waals surface area contributed by atoms with Crippen LogP contribution in [0, 0.1) is 6.92 Å². The number of benzene rings is 1. The van der Waals surface area contributed by atoms with Crippen LogP contribution in [0.2, 0.25) is 0 Å². The van der Waals surface area contributed by atoms with Crippen LogP contribution in [0.25, 0.3) is 10.9 Å². The molecule has 1 aromatic carbocycles. The van der Waals surface area contributed by atoms with E-state index < -0.39 is 17.8 Å². The second kappa shape index (κ2) is 8.90. The largest absolute Gasteiger partial charge is 0.416 e. The predicted molar refractivity (Wildman–Crippen MR) is 120 cm³/mol. The van der Waals surface area contributed by atoms with Gasteiger partial charge in [-0.1, -0.05) is 12.1 Å². The first kappa shape index (κ1) is 22.3. The van der Waals surface area contributed by atoms with E-state index in [0.29, 0.717) is 16.9 Å². The van der Waals surface area contributed by atoms with Crippen molar-refractivity contribution < 1.29 is 13.2 Å².